The zero-order chi connectivity index (χ0) is 26.0. The number of nitrogens with one attached hydrogen (secondary N) is 2. The summed E-state index contributed by atoms with van der Waals surface area (Å²) in [7, 11) is -0.190. The van der Waals surface area contributed by atoms with Crippen molar-refractivity contribution in [3.63, 3.8) is 0 Å². The first kappa shape index (κ1) is 33.9. The summed E-state index contributed by atoms with van der Waals surface area (Å²) in [6.07, 6.45) is 5.53. The van der Waals surface area contributed by atoms with Gasteiger partial charge < -0.3 is 19.7 Å². The number of nitrogens with zero attached hydrogens (tertiary/aromatic N) is 1. The molecule has 12 heteroatoms. The van der Waals surface area contributed by atoms with Crippen molar-refractivity contribution in [1.82, 2.24) is 10.6 Å². The number of thioether (sulfide) groups is 1. The molecule has 2 atom stereocenters. The van der Waals surface area contributed by atoms with E-state index in [2.05, 4.69) is 35.9 Å². The molecule has 8 nitrogen and oxygen atoms in total. The Morgan fingerprint density at radius 1 is 1.03 bits per heavy atom. The number of thiol groups is 2. The molecule has 0 radical (unpaired) electrons. The average molecular weight is 560 g/mol. The highest BCUT2D eigenvalue weighted by Gasteiger charge is 2.16. The SMILES string of the molecule is CC(CSCCNC(=O)CCCC[C@@H](S)CCS)C(=O)NCCC[N+](C)(C)CCCS(=O)(=O)[O-]. The lowest BCUT2D eigenvalue weighted by Crippen LogP contribution is -2.43. The molecule has 0 aromatic rings. The smallest absolute Gasteiger partial charge is 0.223 e. The highest BCUT2D eigenvalue weighted by atomic mass is 32.2. The van der Waals surface area contributed by atoms with Crippen LogP contribution >= 0.6 is 37.0 Å². The number of amides is 2. The normalized spacial score (nSPS) is 13.9. The molecule has 0 bridgehead atoms. The summed E-state index contributed by atoms with van der Waals surface area (Å²) in [5.41, 5.74) is 0. The Labute approximate surface area is 222 Å². The fourth-order valence-corrected chi connectivity index (χ4v) is 5.55. The van der Waals surface area contributed by atoms with E-state index in [1.165, 1.54) is 0 Å². The second-order valence-electron chi connectivity index (χ2n) is 9.38. The van der Waals surface area contributed by atoms with Crippen LogP contribution in [0.2, 0.25) is 0 Å². The fourth-order valence-electron chi connectivity index (χ4n) is 3.32. The maximum absolute atomic E-state index is 12.2. The minimum atomic E-state index is -4.16. The standard InChI is InChI=1S/C22H45N3O5S4/c1-19(18-33-16-12-23-21(26)9-5-4-8-20(32)10-15-31)22(27)24-11-6-13-25(2,3)14-7-17-34(28,29)30/h19-20H,4-18H2,1-3H3,(H4-,23,24,26,27,28,29,30,31,32)/t19?,20-/m1/s1. The molecule has 2 N–H and O–H groups in total. The Kier molecular flexibility index (Phi) is 19.0. The van der Waals surface area contributed by atoms with E-state index in [0.717, 1.165) is 50.2 Å². The highest BCUT2D eigenvalue weighted by molar-refractivity contribution is 7.99. The van der Waals surface area contributed by atoms with E-state index >= 15 is 0 Å². The van der Waals surface area contributed by atoms with Crippen molar-refractivity contribution in [1.29, 1.82) is 0 Å². The maximum atomic E-state index is 12.2. The number of unbranched alkanes of at least 4 members (excludes halogenated alkanes) is 1. The lowest BCUT2D eigenvalue weighted by Gasteiger charge is -2.30. The third-order valence-electron chi connectivity index (χ3n) is 5.43. The highest BCUT2D eigenvalue weighted by Crippen LogP contribution is 2.13. The quantitative estimate of drug-likeness (QED) is 0.0742. The van der Waals surface area contributed by atoms with E-state index in [4.69, 9.17) is 0 Å². The van der Waals surface area contributed by atoms with E-state index < -0.39 is 10.1 Å². The number of rotatable bonds is 21. The predicted octanol–water partition coefficient (Wildman–Crippen LogP) is 2.17. The molecule has 0 spiro atoms. The van der Waals surface area contributed by atoms with Gasteiger partial charge in [0.15, 0.2) is 0 Å². The van der Waals surface area contributed by atoms with Crippen molar-refractivity contribution in [3.8, 4) is 0 Å². The zero-order valence-electron chi connectivity index (χ0n) is 21.0. The summed E-state index contributed by atoms with van der Waals surface area (Å²) in [5, 5.41) is 6.25. The van der Waals surface area contributed by atoms with Gasteiger partial charge in [-0.15, -0.1) is 0 Å². The minimum absolute atomic E-state index is 0.0136. The van der Waals surface area contributed by atoms with Gasteiger partial charge in [-0.1, -0.05) is 13.3 Å². The van der Waals surface area contributed by atoms with Gasteiger partial charge in [0, 0.05) is 60.8 Å². The average Bonchev–Trinajstić information content (AvgIpc) is 2.72. The third-order valence-corrected chi connectivity index (χ3v) is 8.23. The van der Waals surface area contributed by atoms with Gasteiger partial charge in [-0.2, -0.15) is 37.0 Å². The van der Waals surface area contributed by atoms with E-state index in [-0.39, 0.29) is 23.5 Å². The Hall–Kier alpha value is -0.140. The first-order valence-corrected chi connectivity index (χ1v) is 15.9. The Balaban J connectivity index is 3.77. The summed E-state index contributed by atoms with van der Waals surface area (Å²) >= 11 is 10.3. The van der Waals surface area contributed by atoms with Crippen LogP contribution in [0, 0.1) is 5.92 Å². The molecule has 0 aliphatic heterocycles. The van der Waals surface area contributed by atoms with Crippen LogP contribution in [0.15, 0.2) is 0 Å². The van der Waals surface area contributed by atoms with Gasteiger partial charge >= 0.3 is 0 Å². The number of quaternary nitrogens is 1. The summed E-state index contributed by atoms with van der Waals surface area (Å²) in [6, 6.07) is 0. The Morgan fingerprint density at radius 3 is 2.35 bits per heavy atom. The number of hydrogen-bond acceptors (Lipinski definition) is 8. The second kappa shape index (κ2) is 19.0. The fraction of sp³-hybridized carbons (Fsp3) is 0.909. The monoisotopic (exact) mass is 559 g/mol. The molecule has 0 aromatic carbocycles. The van der Waals surface area contributed by atoms with Crippen LogP contribution in [0.1, 0.15) is 51.9 Å². The number of carbonyl (C=O) groups is 2. The van der Waals surface area contributed by atoms with Gasteiger partial charge in [0.25, 0.3) is 0 Å². The van der Waals surface area contributed by atoms with Gasteiger partial charge in [-0.05, 0) is 25.0 Å². The largest absolute Gasteiger partial charge is 0.748 e. The molecular formula is C22H45N3O5S4. The molecule has 0 heterocycles. The first-order valence-electron chi connectivity index (χ1n) is 12.0. The van der Waals surface area contributed by atoms with Gasteiger partial charge in [0.05, 0.1) is 37.3 Å². The second-order valence-corrected chi connectivity index (χ2v) is 13.2. The molecule has 0 aliphatic rings. The van der Waals surface area contributed by atoms with E-state index in [9.17, 15) is 22.6 Å². The summed E-state index contributed by atoms with van der Waals surface area (Å²) in [6.45, 7) is 4.45. The van der Waals surface area contributed by atoms with E-state index in [0.29, 0.717) is 48.0 Å². The number of hydrogen-bond donors (Lipinski definition) is 4. The van der Waals surface area contributed by atoms with Gasteiger partial charge in [-0.25, -0.2) is 8.42 Å². The molecule has 0 saturated heterocycles. The molecule has 0 aliphatic carbocycles. The number of carbonyl (C=O) groups excluding carboxylic acids is 2. The third kappa shape index (κ3) is 21.2. The van der Waals surface area contributed by atoms with Crippen molar-refractivity contribution in [3.05, 3.63) is 0 Å². The molecule has 0 fully saturated rings. The maximum Gasteiger partial charge on any atom is 0.223 e. The summed E-state index contributed by atoms with van der Waals surface area (Å²) in [5.74, 6) is 1.95. The first-order chi connectivity index (χ1) is 15.9. The molecule has 202 valence electrons. The van der Waals surface area contributed by atoms with Gasteiger partial charge in [-0.3, -0.25) is 9.59 Å². The van der Waals surface area contributed by atoms with Gasteiger partial charge in [0.1, 0.15) is 0 Å². The zero-order valence-corrected chi connectivity index (χ0v) is 24.4. The van der Waals surface area contributed by atoms with Crippen molar-refractivity contribution in [2.24, 2.45) is 5.92 Å². The van der Waals surface area contributed by atoms with Crippen LogP contribution in [0.4, 0.5) is 0 Å². The van der Waals surface area contributed by atoms with Crippen molar-refractivity contribution in [2.75, 3.05) is 63.3 Å². The van der Waals surface area contributed by atoms with Crippen molar-refractivity contribution in [2.45, 2.75) is 57.1 Å². The molecule has 2 amide bonds. The molecular weight excluding hydrogens is 515 g/mol. The predicted molar refractivity (Wildman–Crippen MR) is 148 cm³/mol. The van der Waals surface area contributed by atoms with E-state index in [1.807, 2.05) is 21.0 Å². The van der Waals surface area contributed by atoms with Crippen molar-refractivity contribution >= 4 is 59.0 Å². The van der Waals surface area contributed by atoms with Crippen LogP contribution < -0.4 is 10.6 Å². The lowest BCUT2D eigenvalue weighted by atomic mass is 10.1. The molecule has 0 aromatic heterocycles. The molecule has 1 unspecified atom stereocenters. The molecule has 0 saturated carbocycles. The van der Waals surface area contributed by atoms with Crippen molar-refractivity contribution < 1.29 is 27.0 Å². The van der Waals surface area contributed by atoms with E-state index in [1.54, 1.807) is 11.8 Å². The van der Waals surface area contributed by atoms with Crippen LogP contribution in [-0.4, -0.2) is 97.8 Å². The van der Waals surface area contributed by atoms with Crippen LogP contribution in [-0.2, 0) is 19.7 Å². The van der Waals surface area contributed by atoms with Gasteiger partial charge in [0.2, 0.25) is 11.8 Å². The van der Waals surface area contributed by atoms with Crippen LogP contribution in [0.5, 0.6) is 0 Å². The lowest BCUT2D eigenvalue weighted by molar-refractivity contribution is -0.890. The molecule has 0 rings (SSSR count). The Bertz CT molecular complexity index is 677. The molecule has 34 heavy (non-hydrogen) atoms. The minimum Gasteiger partial charge on any atom is -0.748 e. The summed E-state index contributed by atoms with van der Waals surface area (Å²) < 4.78 is 32.7. The van der Waals surface area contributed by atoms with Crippen LogP contribution in [0.3, 0.4) is 0 Å². The topological polar surface area (TPSA) is 115 Å². The Morgan fingerprint density at radius 2 is 1.71 bits per heavy atom. The summed E-state index contributed by atoms with van der Waals surface area (Å²) in [4.78, 5) is 24.1. The van der Waals surface area contributed by atoms with Crippen LogP contribution in [0.25, 0.3) is 0 Å².